The highest BCUT2D eigenvalue weighted by Gasteiger charge is 2.36. The normalized spacial score (nSPS) is 16.0. The average molecular weight is 366 g/mol. The molecule has 1 aromatic heterocycles. The Hall–Kier alpha value is -1.82. The van der Waals surface area contributed by atoms with Gasteiger partial charge in [0.05, 0.1) is 10.6 Å². The van der Waals surface area contributed by atoms with Crippen LogP contribution in [0.2, 0.25) is 10.0 Å². The summed E-state index contributed by atoms with van der Waals surface area (Å²) in [5.41, 5.74) is 6.05. The van der Waals surface area contributed by atoms with Crippen molar-refractivity contribution >= 4 is 34.8 Å². The van der Waals surface area contributed by atoms with Crippen LogP contribution in [-0.2, 0) is 4.79 Å². The lowest BCUT2D eigenvalue weighted by Gasteiger charge is -2.22. The lowest BCUT2D eigenvalue weighted by atomic mass is 9.98. The number of aromatic nitrogens is 1. The largest absolute Gasteiger partial charge is 0.438 e. The molecule has 1 heterocycles. The van der Waals surface area contributed by atoms with Crippen LogP contribution in [0.5, 0.6) is 11.6 Å². The predicted molar refractivity (Wildman–Crippen MR) is 94.8 cm³/mol. The molecule has 1 amide bonds. The number of nitrogens with zero attached hydrogens (tertiary/aromatic N) is 1. The Morgan fingerprint density at radius 3 is 2.50 bits per heavy atom. The maximum absolute atomic E-state index is 12.3. The summed E-state index contributed by atoms with van der Waals surface area (Å²) in [5, 5.41) is 3.62. The minimum atomic E-state index is -0.754. The van der Waals surface area contributed by atoms with Crippen LogP contribution in [-0.4, -0.2) is 16.4 Å². The van der Waals surface area contributed by atoms with Crippen LogP contribution in [0.15, 0.2) is 36.5 Å². The first-order valence-corrected chi connectivity index (χ1v) is 8.41. The van der Waals surface area contributed by atoms with Crippen molar-refractivity contribution in [1.82, 2.24) is 4.98 Å². The first-order chi connectivity index (χ1) is 11.5. The van der Waals surface area contributed by atoms with Crippen molar-refractivity contribution in [2.75, 3.05) is 5.32 Å². The molecule has 0 unspecified atom stereocenters. The van der Waals surface area contributed by atoms with Crippen molar-refractivity contribution in [1.29, 1.82) is 0 Å². The number of anilines is 1. The fourth-order valence-electron chi connectivity index (χ4n) is 2.68. The van der Waals surface area contributed by atoms with Crippen molar-refractivity contribution in [2.45, 2.75) is 31.2 Å². The van der Waals surface area contributed by atoms with E-state index in [1.54, 1.807) is 30.3 Å². The Morgan fingerprint density at radius 2 is 1.88 bits per heavy atom. The molecule has 0 spiro atoms. The maximum Gasteiger partial charge on any atom is 0.244 e. The van der Waals surface area contributed by atoms with Crippen LogP contribution in [0.3, 0.4) is 0 Å². The monoisotopic (exact) mass is 365 g/mol. The molecule has 126 valence electrons. The van der Waals surface area contributed by atoms with E-state index in [-0.39, 0.29) is 11.8 Å². The molecule has 1 aliphatic carbocycles. The first-order valence-electron chi connectivity index (χ1n) is 7.66. The van der Waals surface area contributed by atoms with E-state index in [2.05, 4.69) is 10.3 Å². The Bertz CT molecular complexity index is 744. The van der Waals surface area contributed by atoms with E-state index in [4.69, 9.17) is 33.7 Å². The second-order valence-electron chi connectivity index (χ2n) is 5.88. The Labute approximate surface area is 150 Å². The van der Waals surface area contributed by atoms with Gasteiger partial charge in [-0.15, -0.1) is 0 Å². The van der Waals surface area contributed by atoms with Crippen molar-refractivity contribution in [3.05, 3.63) is 46.6 Å². The number of nitrogens with two attached hydrogens (primary N) is 1. The number of halogens is 2. The fraction of sp³-hybridized carbons (Fsp3) is 0.294. The standard InChI is InChI=1S/C17H17Cl2N3O2/c18-11-9-14(19)15(21-10-11)24-13-5-3-12(4-6-13)22-16(23)17(20)7-1-2-8-17/h3-6,9-10H,1-2,7-8,20H2,(H,22,23). The molecule has 1 saturated carbocycles. The Kier molecular flexibility index (Phi) is 4.94. The number of carbonyl (C=O) groups excluding carboxylic acids is 1. The molecule has 0 aliphatic heterocycles. The number of carbonyl (C=O) groups is 1. The topological polar surface area (TPSA) is 77.2 Å². The van der Waals surface area contributed by atoms with E-state index in [0.29, 0.717) is 21.5 Å². The molecule has 1 aliphatic rings. The molecule has 1 fully saturated rings. The summed E-state index contributed by atoms with van der Waals surface area (Å²) in [6, 6.07) is 8.49. The van der Waals surface area contributed by atoms with Gasteiger partial charge in [0.2, 0.25) is 11.8 Å². The van der Waals surface area contributed by atoms with Gasteiger partial charge >= 0.3 is 0 Å². The van der Waals surface area contributed by atoms with E-state index >= 15 is 0 Å². The maximum atomic E-state index is 12.3. The molecule has 1 aromatic carbocycles. The molecular weight excluding hydrogens is 349 g/mol. The zero-order chi connectivity index (χ0) is 17.2. The summed E-state index contributed by atoms with van der Waals surface area (Å²) < 4.78 is 5.60. The first kappa shape index (κ1) is 17.0. The third kappa shape index (κ3) is 3.80. The number of rotatable bonds is 4. The van der Waals surface area contributed by atoms with Gasteiger partial charge in [-0.25, -0.2) is 4.98 Å². The van der Waals surface area contributed by atoms with Crippen LogP contribution in [0.1, 0.15) is 25.7 Å². The molecule has 0 saturated heterocycles. The summed E-state index contributed by atoms with van der Waals surface area (Å²) in [6.07, 6.45) is 4.89. The van der Waals surface area contributed by atoms with Gasteiger partial charge in [0.15, 0.2) is 0 Å². The Morgan fingerprint density at radius 1 is 1.21 bits per heavy atom. The quantitative estimate of drug-likeness (QED) is 0.841. The minimum Gasteiger partial charge on any atom is -0.438 e. The summed E-state index contributed by atoms with van der Waals surface area (Å²) in [5.74, 6) is 0.675. The summed E-state index contributed by atoms with van der Waals surface area (Å²) >= 11 is 11.8. The van der Waals surface area contributed by atoms with Gasteiger partial charge in [0, 0.05) is 11.9 Å². The van der Waals surface area contributed by atoms with Gasteiger partial charge in [-0.05, 0) is 43.2 Å². The van der Waals surface area contributed by atoms with E-state index in [1.165, 1.54) is 6.20 Å². The lowest BCUT2D eigenvalue weighted by molar-refractivity contribution is -0.121. The third-order valence-electron chi connectivity index (χ3n) is 4.05. The Balaban J connectivity index is 1.66. The van der Waals surface area contributed by atoms with Gasteiger partial charge in [-0.1, -0.05) is 36.0 Å². The molecule has 24 heavy (non-hydrogen) atoms. The van der Waals surface area contributed by atoms with Gasteiger partial charge in [-0.2, -0.15) is 0 Å². The number of hydrogen-bond donors (Lipinski definition) is 2. The smallest absolute Gasteiger partial charge is 0.244 e. The summed E-state index contributed by atoms with van der Waals surface area (Å²) in [4.78, 5) is 16.3. The second kappa shape index (κ2) is 6.97. The zero-order valence-corrected chi connectivity index (χ0v) is 14.4. The lowest BCUT2D eigenvalue weighted by Crippen LogP contribution is -2.48. The highest BCUT2D eigenvalue weighted by molar-refractivity contribution is 6.35. The van der Waals surface area contributed by atoms with Crippen molar-refractivity contribution in [2.24, 2.45) is 5.73 Å². The van der Waals surface area contributed by atoms with Crippen molar-refractivity contribution in [3.63, 3.8) is 0 Å². The summed E-state index contributed by atoms with van der Waals surface area (Å²) in [6.45, 7) is 0. The highest BCUT2D eigenvalue weighted by Crippen LogP contribution is 2.31. The molecule has 0 bridgehead atoms. The molecule has 3 N–H and O–H groups in total. The number of nitrogens with one attached hydrogen (secondary N) is 1. The SMILES string of the molecule is NC1(C(=O)Nc2ccc(Oc3ncc(Cl)cc3Cl)cc2)CCCC1. The molecule has 0 atom stereocenters. The molecule has 5 nitrogen and oxygen atoms in total. The van der Waals surface area contributed by atoms with E-state index < -0.39 is 5.54 Å². The van der Waals surface area contributed by atoms with Crippen LogP contribution < -0.4 is 15.8 Å². The van der Waals surface area contributed by atoms with Crippen LogP contribution >= 0.6 is 23.2 Å². The van der Waals surface area contributed by atoms with E-state index in [1.807, 2.05) is 0 Å². The third-order valence-corrected chi connectivity index (χ3v) is 4.53. The second-order valence-corrected chi connectivity index (χ2v) is 6.73. The van der Waals surface area contributed by atoms with Gasteiger partial charge in [0.25, 0.3) is 0 Å². The minimum absolute atomic E-state index is 0.143. The molecular formula is C17H17Cl2N3O2. The number of amides is 1. The van der Waals surface area contributed by atoms with Crippen molar-refractivity contribution < 1.29 is 9.53 Å². The van der Waals surface area contributed by atoms with Crippen molar-refractivity contribution in [3.8, 4) is 11.6 Å². The van der Waals surface area contributed by atoms with Crippen LogP contribution in [0.4, 0.5) is 5.69 Å². The number of benzene rings is 1. The molecule has 3 rings (SSSR count). The highest BCUT2D eigenvalue weighted by atomic mass is 35.5. The predicted octanol–water partition coefficient (Wildman–Crippen LogP) is 4.39. The fourth-order valence-corrected chi connectivity index (χ4v) is 3.10. The van der Waals surface area contributed by atoms with E-state index in [0.717, 1.165) is 25.7 Å². The molecule has 2 aromatic rings. The summed E-state index contributed by atoms with van der Waals surface area (Å²) in [7, 11) is 0. The van der Waals surface area contributed by atoms with Crippen LogP contribution in [0, 0.1) is 0 Å². The zero-order valence-electron chi connectivity index (χ0n) is 12.9. The van der Waals surface area contributed by atoms with E-state index in [9.17, 15) is 4.79 Å². The number of pyridine rings is 1. The number of hydrogen-bond acceptors (Lipinski definition) is 4. The molecule has 0 radical (unpaired) electrons. The van der Waals surface area contributed by atoms with Gasteiger partial charge in [-0.3, -0.25) is 4.79 Å². The van der Waals surface area contributed by atoms with Crippen LogP contribution in [0.25, 0.3) is 0 Å². The number of ether oxygens (including phenoxy) is 1. The van der Waals surface area contributed by atoms with Gasteiger partial charge < -0.3 is 15.8 Å². The van der Waals surface area contributed by atoms with Gasteiger partial charge in [0.1, 0.15) is 10.8 Å². The average Bonchev–Trinajstić information content (AvgIpc) is 3.00. The molecule has 7 heteroatoms.